The van der Waals surface area contributed by atoms with Crippen LogP contribution in [0, 0.1) is 0 Å². The highest BCUT2D eigenvalue weighted by molar-refractivity contribution is 6.34. The second-order valence-corrected chi connectivity index (χ2v) is 4.96. The Balaban J connectivity index is 2.35. The minimum atomic E-state index is -0.543. The molecule has 0 atom stereocenters. The first-order valence-corrected chi connectivity index (χ1v) is 6.51. The largest absolute Gasteiger partial charge is 0.398 e. The highest BCUT2D eigenvalue weighted by Crippen LogP contribution is 2.28. The number of carbonyl (C=O) groups excluding carboxylic acids is 1. The zero-order valence-electron chi connectivity index (χ0n) is 11.1. The van der Waals surface area contributed by atoms with E-state index in [-0.39, 0.29) is 0 Å². The fraction of sp³-hybridized carbons (Fsp3) is 0.133. The molecular formula is C15H16ClN3O. The zero-order valence-corrected chi connectivity index (χ0v) is 11.9. The molecule has 0 aliphatic heterocycles. The van der Waals surface area contributed by atoms with Crippen LogP contribution < -0.4 is 16.4 Å². The van der Waals surface area contributed by atoms with Crippen LogP contribution in [-0.2, 0) is 6.54 Å². The summed E-state index contributed by atoms with van der Waals surface area (Å²) in [6.07, 6.45) is 0. The molecule has 0 aromatic heterocycles. The minimum absolute atomic E-state index is 0.325. The highest BCUT2D eigenvalue weighted by Gasteiger charge is 2.16. The molecule has 0 aliphatic carbocycles. The van der Waals surface area contributed by atoms with Gasteiger partial charge in [0.2, 0.25) is 0 Å². The lowest BCUT2D eigenvalue weighted by Gasteiger charge is -2.23. The van der Waals surface area contributed by atoms with Crippen molar-refractivity contribution in [3.05, 3.63) is 58.6 Å². The van der Waals surface area contributed by atoms with Gasteiger partial charge >= 0.3 is 0 Å². The number of hydrogen-bond donors (Lipinski definition) is 2. The standard InChI is InChI=1S/C15H16ClN3O/c1-19(9-10-5-2-3-7-12(10)17)13-8-4-6-11(16)14(13)15(18)20/h2-8H,9,17H2,1H3,(H2,18,20). The summed E-state index contributed by atoms with van der Waals surface area (Å²) in [4.78, 5) is 13.5. The van der Waals surface area contributed by atoms with Gasteiger partial charge in [-0.05, 0) is 23.8 Å². The van der Waals surface area contributed by atoms with Crippen molar-refractivity contribution in [2.45, 2.75) is 6.54 Å². The molecule has 2 aromatic rings. The van der Waals surface area contributed by atoms with Crippen molar-refractivity contribution < 1.29 is 4.79 Å². The maximum Gasteiger partial charge on any atom is 0.252 e. The predicted molar refractivity (Wildman–Crippen MR) is 82.9 cm³/mol. The number of nitrogen functional groups attached to an aromatic ring is 1. The lowest BCUT2D eigenvalue weighted by atomic mass is 10.1. The van der Waals surface area contributed by atoms with E-state index in [1.54, 1.807) is 12.1 Å². The van der Waals surface area contributed by atoms with Crippen molar-refractivity contribution in [3.63, 3.8) is 0 Å². The molecule has 0 heterocycles. The monoisotopic (exact) mass is 289 g/mol. The van der Waals surface area contributed by atoms with E-state index in [2.05, 4.69) is 0 Å². The SMILES string of the molecule is CN(Cc1ccccc1N)c1cccc(Cl)c1C(N)=O. The summed E-state index contributed by atoms with van der Waals surface area (Å²) in [6, 6.07) is 12.8. The number of para-hydroxylation sites is 1. The molecule has 4 nitrogen and oxygen atoms in total. The van der Waals surface area contributed by atoms with E-state index in [0.717, 1.165) is 5.56 Å². The number of rotatable bonds is 4. The van der Waals surface area contributed by atoms with Gasteiger partial charge < -0.3 is 16.4 Å². The van der Waals surface area contributed by atoms with Crippen LogP contribution >= 0.6 is 11.6 Å². The van der Waals surface area contributed by atoms with E-state index in [1.807, 2.05) is 42.3 Å². The third-order valence-corrected chi connectivity index (χ3v) is 3.43. The molecule has 0 spiro atoms. The maximum atomic E-state index is 11.6. The molecule has 5 heteroatoms. The average Bonchev–Trinajstić information content (AvgIpc) is 2.40. The highest BCUT2D eigenvalue weighted by atomic mass is 35.5. The van der Waals surface area contributed by atoms with Crippen molar-refractivity contribution in [1.82, 2.24) is 0 Å². The third kappa shape index (κ3) is 2.86. The van der Waals surface area contributed by atoms with Gasteiger partial charge in [0.1, 0.15) is 0 Å². The summed E-state index contributed by atoms with van der Waals surface area (Å²) in [5.74, 6) is -0.543. The number of nitrogens with zero attached hydrogens (tertiary/aromatic N) is 1. The van der Waals surface area contributed by atoms with Crippen LogP contribution in [0.3, 0.4) is 0 Å². The van der Waals surface area contributed by atoms with Crippen LogP contribution in [-0.4, -0.2) is 13.0 Å². The van der Waals surface area contributed by atoms with E-state index < -0.39 is 5.91 Å². The molecule has 0 bridgehead atoms. The van der Waals surface area contributed by atoms with Crippen LogP contribution in [0.25, 0.3) is 0 Å². The Morgan fingerprint density at radius 1 is 1.20 bits per heavy atom. The normalized spacial score (nSPS) is 10.3. The van der Waals surface area contributed by atoms with Crippen molar-refractivity contribution in [3.8, 4) is 0 Å². The number of benzene rings is 2. The lowest BCUT2D eigenvalue weighted by Crippen LogP contribution is -2.22. The second kappa shape index (κ2) is 5.84. The summed E-state index contributed by atoms with van der Waals surface area (Å²) < 4.78 is 0. The molecule has 4 N–H and O–H groups in total. The van der Waals surface area contributed by atoms with Gasteiger partial charge in [0, 0.05) is 19.3 Å². The number of anilines is 2. The average molecular weight is 290 g/mol. The maximum absolute atomic E-state index is 11.6. The minimum Gasteiger partial charge on any atom is -0.398 e. The summed E-state index contributed by atoms with van der Waals surface area (Å²) in [7, 11) is 1.87. The molecule has 0 radical (unpaired) electrons. The van der Waals surface area contributed by atoms with E-state index >= 15 is 0 Å². The summed E-state index contributed by atoms with van der Waals surface area (Å²) >= 11 is 6.05. The van der Waals surface area contributed by atoms with Gasteiger partial charge in [-0.1, -0.05) is 35.9 Å². The number of carbonyl (C=O) groups is 1. The van der Waals surface area contributed by atoms with Gasteiger partial charge in [-0.15, -0.1) is 0 Å². The number of hydrogen-bond acceptors (Lipinski definition) is 3. The molecule has 1 amide bonds. The molecule has 0 fully saturated rings. The number of primary amides is 1. The molecule has 2 aromatic carbocycles. The van der Waals surface area contributed by atoms with E-state index in [9.17, 15) is 4.79 Å². The molecule has 0 unspecified atom stereocenters. The smallest absolute Gasteiger partial charge is 0.252 e. The Kier molecular flexibility index (Phi) is 4.15. The quantitative estimate of drug-likeness (QED) is 0.850. The van der Waals surface area contributed by atoms with E-state index in [0.29, 0.717) is 28.5 Å². The first-order chi connectivity index (χ1) is 9.50. The fourth-order valence-corrected chi connectivity index (χ4v) is 2.36. The molecule has 0 aliphatic rings. The number of nitrogens with two attached hydrogens (primary N) is 2. The van der Waals surface area contributed by atoms with Gasteiger partial charge in [0.05, 0.1) is 16.3 Å². The van der Waals surface area contributed by atoms with Crippen molar-refractivity contribution >= 4 is 28.9 Å². The molecule has 0 saturated carbocycles. The van der Waals surface area contributed by atoms with Gasteiger partial charge in [-0.25, -0.2) is 0 Å². The Labute approximate surface area is 122 Å². The molecule has 0 saturated heterocycles. The van der Waals surface area contributed by atoms with Crippen LogP contribution in [0.2, 0.25) is 5.02 Å². The molecule has 104 valence electrons. The van der Waals surface area contributed by atoms with Crippen molar-refractivity contribution in [1.29, 1.82) is 0 Å². The molecule has 20 heavy (non-hydrogen) atoms. The lowest BCUT2D eigenvalue weighted by molar-refractivity contribution is 0.100. The zero-order chi connectivity index (χ0) is 14.7. The Morgan fingerprint density at radius 2 is 1.90 bits per heavy atom. The van der Waals surface area contributed by atoms with Crippen molar-refractivity contribution in [2.75, 3.05) is 17.7 Å². The van der Waals surface area contributed by atoms with Gasteiger partial charge in [0.15, 0.2) is 0 Å². The summed E-state index contributed by atoms with van der Waals surface area (Å²) in [5.41, 5.74) is 14.0. The second-order valence-electron chi connectivity index (χ2n) is 4.55. The number of amides is 1. The topological polar surface area (TPSA) is 72.3 Å². The molecular weight excluding hydrogens is 274 g/mol. The first kappa shape index (κ1) is 14.2. The van der Waals surface area contributed by atoms with Crippen LogP contribution in [0.1, 0.15) is 15.9 Å². The Bertz CT molecular complexity index is 643. The van der Waals surface area contributed by atoms with Crippen LogP contribution in [0.4, 0.5) is 11.4 Å². The van der Waals surface area contributed by atoms with Crippen LogP contribution in [0.15, 0.2) is 42.5 Å². The summed E-state index contributed by atoms with van der Waals surface area (Å²) in [5, 5.41) is 0.350. The van der Waals surface area contributed by atoms with Gasteiger partial charge in [-0.2, -0.15) is 0 Å². The van der Waals surface area contributed by atoms with Gasteiger partial charge in [0.25, 0.3) is 5.91 Å². The van der Waals surface area contributed by atoms with Gasteiger partial charge in [-0.3, -0.25) is 4.79 Å². The van der Waals surface area contributed by atoms with E-state index in [4.69, 9.17) is 23.1 Å². The summed E-state index contributed by atoms with van der Waals surface area (Å²) in [6.45, 7) is 0.563. The fourth-order valence-electron chi connectivity index (χ4n) is 2.09. The van der Waals surface area contributed by atoms with Crippen molar-refractivity contribution in [2.24, 2.45) is 5.73 Å². The van der Waals surface area contributed by atoms with E-state index in [1.165, 1.54) is 0 Å². The third-order valence-electron chi connectivity index (χ3n) is 3.11. The first-order valence-electron chi connectivity index (χ1n) is 6.13. The Morgan fingerprint density at radius 3 is 2.55 bits per heavy atom. The Hall–Kier alpha value is -2.20. The number of halogens is 1. The predicted octanol–water partition coefficient (Wildman–Crippen LogP) is 2.66. The molecule has 2 rings (SSSR count). The van der Waals surface area contributed by atoms with Crippen LogP contribution in [0.5, 0.6) is 0 Å².